The number of aromatic nitrogens is 3. The summed E-state index contributed by atoms with van der Waals surface area (Å²) in [6, 6.07) is 10.9. The van der Waals surface area contributed by atoms with Gasteiger partial charge in [-0.05, 0) is 18.2 Å². The molecule has 1 fully saturated rings. The predicted octanol–water partition coefficient (Wildman–Crippen LogP) is 1.21. The van der Waals surface area contributed by atoms with Crippen LogP contribution in [0.15, 0.2) is 55.0 Å². The normalized spacial score (nSPS) is 17.2. The van der Waals surface area contributed by atoms with Crippen LogP contribution in [0.4, 0.5) is 5.69 Å². The molecule has 0 aliphatic carbocycles. The van der Waals surface area contributed by atoms with E-state index in [0.29, 0.717) is 30.3 Å². The van der Waals surface area contributed by atoms with E-state index in [-0.39, 0.29) is 18.4 Å². The lowest BCUT2D eigenvalue weighted by Gasteiger charge is -2.31. The Labute approximate surface area is 149 Å². The van der Waals surface area contributed by atoms with Crippen LogP contribution in [-0.2, 0) is 9.53 Å². The molecule has 0 spiro atoms. The van der Waals surface area contributed by atoms with Crippen molar-refractivity contribution < 1.29 is 14.3 Å². The lowest BCUT2D eigenvalue weighted by atomic mass is 10.2. The third-order valence-electron chi connectivity index (χ3n) is 4.14. The molecule has 4 rings (SSSR count). The third kappa shape index (κ3) is 3.27. The van der Waals surface area contributed by atoms with Crippen molar-refractivity contribution in [3.63, 3.8) is 0 Å². The summed E-state index contributed by atoms with van der Waals surface area (Å²) in [5, 5.41) is 2.80. The number of morpholine rings is 1. The first-order valence-corrected chi connectivity index (χ1v) is 8.27. The molecule has 1 aliphatic heterocycles. The predicted molar refractivity (Wildman–Crippen MR) is 93.7 cm³/mol. The minimum atomic E-state index is -0.719. The van der Waals surface area contributed by atoms with Crippen LogP contribution in [0.2, 0.25) is 0 Å². The smallest absolute Gasteiger partial charge is 0.274 e. The number of benzene rings is 1. The minimum absolute atomic E-state index is 0.179. The van der Waals surface area contributed by atoms with E-state index in [1.54, 1.807) is 46.1 Å². The summed E-state index contributed by atoms with van der Waals surface area (Å²) in [7, 11) is 0. The van der Waals surface area contributed by atoms with E-state index in [1.807, 2.05) is 18.2 Å². The molecule has 3 heterocycles. The minimum Gasteiger partial charge on any atom is -0.365 e. The molecule has 0 radical (unpaired) electrons. The molecule has 1 atom stereocenters. The zero-order chi connectivity index (χ0) is 17.9. The van der Waals surface area contributed by atoms with Gasteiger partial charge in [-0.1, -0.05) is 18.2 Å². The molecule has 26 heavy (non-hydrogen) atoms. The highest BCUT2D eigenvalue weighted by Crippen LogP contribution is 2.13. The Kier molecular flexibility index (Phi) is 4.32. The van der Waals surface area contributed by atoms with Gasteiger partial charge in [0.15, 0.2) is 6.10 Å². The molecule has 1 unspecified atom stereocenters. The average molecular weight is 351 g/mol. The van der Waals surface area contributed by atoms with Crippen LogP contribution in [0.25, 0.3) is 5.78 Å². The summed E-state index contributed by atoms with van der Waals surface area (Å²) in [6.07, 6.45) is 4.32. The van der Waals surface area contributed by atoms with Crippen LogP contribution in [0.1, 0.15) is 10.5 Å². The number of hydrogen-bond acceptors (Lipinski definition) is 5. The number of nitrogens with one attached hydrogen (secondary N) is 1. The number of anilines is 1. The Morgan fingerprint density at radius 2 is 2.04 bits per heavy atom. The standard InChI is InChI=1S/C18H17N5O3/c24-16(20-13-5-2-1-3-6-13)15-12-22(9-10-26-15)17(25)14-11-23-8-4-7-19-18(23)21-14/h1-8,11,15H,9-10,12H2,(H,20,24). The molecule has 0 saturated carbocycles. The zero-order valence-electron chi connectivity index (χ0n) is 13.9. The van der Waals surface area contributed by atoms with Gasteiger partial charge in [-0.25, -0.2) is 9.97 Å². The van der Waals surface area contributed by atoms with Gasteiger partial charge in [0.1, 0.15) is 5.69 Å². The second-order valence-corrected chi connectivity index (χ2v) is 5.92. The van der Waals surface area contributed by atoms with E-state index in [0.717, 1.165) is 0 Å². The van der Waals surface area contributed by atoms with Crippen molar-refractivity contribution in [2.75, 3.05) is 25.0 Å². The molecule has 1 N–H and O–H groups in total. The van der Waals surface area contributed by atoms with Crippen molar-refractivity contribution in [1.82, 2.24) is 19.3 Å². The van der Waals surface area contributed by atoms with Gasteiger partial charge in [0.25, 0.3) is 11.8 Å². The van der Waals surface area contributed by atoms with Crippen molar-refractivity contribution in [2.24, 2.45) is 0 Å². The highest BCUT2D eigenvalue weighted by Gasteiger charge is 2.30. The number of imidazole rings is 1. The lowest BCUT2D eigenvalue weighted by Crippen LogP contribution is -2.50. The quantitative estimate of drug-likeness (QED) is 0.766. The summed E-state index contributed by atoms with van der Waals surface area (Å²) in [5.74, 6) is -0.0517. The van der Waals surface area contributed by atoms with E-state index in [4.69, 9.17) is 4.74 Å². The third-order valence-corrected chi connectivity index (χ3v) is 4.14. The Morgan fingerprint density at radius 3 is 2.85 bits per heavy atom. The van der Waals surface area contributed by atoms with Gasteiger partial charge in [0.2, 0.25) is 5.78 Å². The number of carbonyl (C=O) groups excluding carboxylic acids is 2. The number of ether oxygens (including phenoxy) is 1. The van der Waals surface area contributed by atoms with E-state index in [1.165, 1.54) is 0 Å². The van der Waals surface area contributed by atoms with E-state index in [2.05, 4.69) is 15.3 Å². The maximum absolute atomic E-state index is 12.7. The van der Waals surface area contributed by atoms with E-state index < -0.39 is 6.10 Å². The highest BCUT2D eigenvalue weighted by atomic mass is 16.5. The van der Waals surface area contributed by atoms with Crippen LogP contribution in [0.3, 0.4) is 0 Å². The van der Waals surface area contributed by atoms with Crippen molar-refractivity contribution in [3.05, 3.63) is 60.7 Å². The first-order chi connectivity index (χ1) is 12.7. The molecule has 1 aromatic carbocycles. The van der Waals surface area contributed by atoms with Gasteiger partial charge in [-0.3, -0.25) is 14.0 Å². The van der Waals surface area contributed by atoms with Crippen LogP contribution in [0.5, 0.6) is 0 Å². The average Bonchev–Trinajstić information content (AvgIpc) is 3.12. The maximum atomic E-state index is 12.7. The van der Waals surface area contributed by atoms with Gasteiger partial charge in [0, 0.05) is 30.8 Å². The zero-order valence-corrected chi connectivity index (χ0v) is 13.9. The number of carbonyl (C=O) groups is 2. The fourth-order valence-electron chi connectivity index (χ4n) is 2.83. The molecule has 1 saturated heterocycles. The maximum Gasteiger partial charge on any atom is 0.274 e. The monoisotopic (exact) mass is 351 g/mol. The van der Waals surface area contributed by atoms with Gasteiger partial charge in [-0.2, -0.15) is 0 Å². The van der Waals surface area contributed by atoms with Gasteiger partial charge in [-0.15, -0.1) is 0 Å². The molecular weight excluding hydrogens is 334 g/mol. The molecule has 8 nitrogen and oxygen atoms in total. The molecule has 8 heteroatoms. The summed E-state index contributed by atoms with van der Waals surface area (Å²) < 4.78 is 7.23. The summed E-state index contributed by atoms with van der Waals surface area (Å²) in [5.41, 5.74) is 0.990. The van der Waals surface area contributed by atoms with Crippen LogP contribution >= 0.6 is 0 Å². The van der Waals surface area contributed by atoms with Crippen molar-refractivity contribution in [1.29, 1.82) is 0 Å². The number of fused-ring (bicyclic) bond motifs is 1. The fraction of sp³-hybridized carbons (Fsp3) is 0.222. The SMILES string of the molecule is O=C(Nc1ccccc1)C1CN(C(=O)c2cn3cccnc3n2)CCO1. The molecule has 3 aromatic rings. The fourth-order valence-corrected chi connectivity index (χ4v) is 2.83. The summed E-state index contributed by atoms with van der Waals surface area (Å²) in [4.78, 5) is 35.1. The topological polar surface area (TPSA) is 88.8 Å². The number of rotatable bonds is 3. The lowest BCUT2D eigenvalue weighted by molar-refractivity contribution is -0.131. The Hall–Kier alpha value is -3.26. The van der Waals surface area contributed by atoms with Crippen molar-refractivity contribution in [3.8, 4) is 0 Å². The Balaban J connectivity index is 1.45. The summed E-state index contributed by atoms with van der Waals surface area (Å²) >= 11 is 0. The number of amides is 2. The second kappa shape index (κ2) is 6.93. The number of nitrogens with zero attached hydrogens (tertiary/aromatic N) is 4. The van der Waals surface area contributed by atoms with Gasteiger partial charge >= 0.3 is 0 Å². The second-order valence-electron chi connectivity index (χ2n) is 5.92. The molecule has 2 amide bonds. The van der Waals surface area contributed by atoms with E-state index >= 15 is 0 Å². The Morgan fingerprint density at radius 1 is 1.19 bits per heavy atom. The molecule has 132 valence electrons. The van der Waals surface area contributed by atoms with Gasteiger partial charge in [0.05, 0.1) is 13.2 Å². The first-order valence-electron chi connectivity index (χ1n) is 8.27. The van der Waals surface area contributed by atoms with E-state index in [9.17, 15) is 9.59 Å². The largest absolute Gasteiger partial charge is 0.365 e. The van der Waals surface area contributed by atoms with Crippen LogP contribution in [-0.4, -0.2) is 56.9 Å². The number of hydrogen-bond donors (Lipinski definition) is 1. The highest BCUT2D eigenvalue weighted by molar-refractivity contribution is 5.96. The number of para-hydroxylation sites is 1. The van der Waals surface area contributed by atoms with Gasteiger partial charge < -0.3 is 15.0 Å². The van der Waals surface area contributed by atoms with Crippen LogP contribution in [0, 0.1) is 0 Å². The first kappa shape index (κ1) is 16.2. The molecular formula is C18H17N5O3. The molecule has 0 bridgehead atoms. The molecule has 1 aliphatic rings. The summed E-state index contributed by atoms with van der Waals surface area (Å²) in [6.45, 7) is 0.887. The van der Waals surface area contributed by atoms with Crippen molar-refractivity contribution >= 4 is 23.3 Å². The molecule has 2 aromatic heterocycles. The van der Waals surface area contributed by atoms with Crippen molar-refractivity contribution in [2.45, 2.75) is 6.10 Å². The Bertz CT molecular complexity index is 907. The van der Waals surface area contributed by atoms with Crippen LogP contribution < -0.4 is 5.32 Å².